The summed E-state index contributed by atoms with van der Waals surface area (Å²) in [5.74, 6) is -3.77. The fourth-order valence-corrected chi connectivity index (χ4v) is 2.18. The highest BCUT2D eigenvalue weighted by Gasteiger charge is 2.29. The van der Waals surface area contributed by atoms with E-state index >= 15 is 0 Å². The molecule has 1 aromatic heterocycles. The maximum atomic E-state index is 12.7. The van der Waals surface area contributed by atoms with Crippen LogP contribution in [0.4, 0.5) is 8.78 Å². The number of rotatable bonds is 7. The Hall–Kier alpha value is -1.12. The maximum absolute atomic E-state index is 12.7. The Balaban J connectivity index is 2.46. The van der Waals surface area contributed by atoms with Crippen LogP contribution in [0.2, 0.25) is 0 Å². The highest BCUT2D eigenvalue weighted by molar-refractivity contribution is 7.89. The number of alkyl halides is 2. The van der Waals surface area contributed by atoms with Crippen LogP contribution in [0.15, 0.2) is 24.4 Å². The predicted octanol–water partition coefficient (Wildman–Crippen LogP) is 0.171. The number of aromatic nitrogens is 1. The number of halogens is 2. The first kappa shape index (κ1) is 14.9. The van der Waals surface area contributed by atoms with Gasteiger partial charge >= 0.3 is 0 Å². The van der Waals surface area contributed by atoms with Crippen molar-refractivity contribution >= 4 is 10.0 Å². The van der Waals surface area contributed by atoms with Gasteiger partial charge in [-0.15, -0.1) is 0 Å². The van der Waals surface area contributed by atoms with E-state index in [0.29, 0.717) is 5.69 Å². The van der Waals surface area contributed by atoms with Crippen LogP contribution in [0.5, 0.6) is 0 Å². The number of aliphatic hydroxyl groups is 1. The summed E-state index contributed by atoms with van der Waals surface area (Å²) in [7, 11) is -3.80. The summed E-state index contributed by atoms with van der Waals surface area (Å²) in [6.07, 6.45) is 1.66. The molecule has 0 saturated carbocycles. The number of hydrogen-bond acceptors (Lipinski definition) is 4. The van der Waals surface area contributed by atoms with Crippen LogP contribution in [0.1, 0.15) is 5.69 Å². The van der Waals surface area contributed by atoms with Gasteiger partial charge in [0.1, 0.15) is 6.61 Å². The molecule has 0 saturated heterocycles. The Morgan fingerprint density at radius 2 is 2.11 bits per heavy atom. The number of pyridine rings is 1. The van der Waals surface area contributed by atoms with Crippen LogP contribution < -0.4 is 4.72 Å². The Bertz CT molecular complexity index is 465. The van der Waals surface area contributed by atoms with Gasteiger partial charge in [-0.3, -0.25) is 4.98 Å². The average molecular weight is 280 g/mol. The fraction of sp³-hybridized carbons (Fsp3) is 0.500. The molecular weight excluding hydrogens is 266 g/mol. The largest absolute Gasteiger partial charge is 0.390 e. The van der Waals surface area contributed by atoms with E-state index < -0.39 is 29.1 Å². The van der Waals surface area contributed by atoms with Crippen LogP contribution >= 0.6 is 0 Å². The number of aryl methyl sites for hydroxylation is 1. The van der Waals surface area contributed by atoms with E-state index in [1.807, 2.05) is 0 Å². The van der Waals surface area contributed by atoms with E-state index in [9.17, 15) is 17.2 Å². The molecule has 2 N–H and O–H groups in total. The molecule has 8 heteroatoms. The van der Waals surface area contributed by atoms with Crippen molar-refractivity contribution < 1.29 is 22.3 Å². The van der Waals surface area contributed by atoms with Gasteiger partial charge in [-0.1, -0.05) is 6.07 Å². The summed E-state index contributed by atoms with van der Waals surface area (Å²) in [5, 5.41) is 8.30. The lowest BCUT2D eigenvalue weighted by molar-refractivity contribution is -0.0437. The molecule has 0 atom stereocenters. The van der Waals surface area contributed by atoms with Gasteiger partial charge in [0.2, 0.25) is 10.0 Å². The molecule has 5 nitrogen and oxygen atoms in total. The first-order chi connectivity index (χ1) is 8.35. The van der Waals surface area contributed by atoms with Gasteiger partial charge in [-0.05, 0) is 12.1 Å². The topological polar surface area (TPSA) is 79.3 Å². The standard InChI is InChI=1S/C10H14F2N2O3S/c11-10(12,8-15)7-14-18(16,17)6-4-9-3-1-2-5-13-9/h1-3,5,14-15H,4,6-8H2. The van der Waals surface area contributed by atoms with Crippen LogP contribution in [0, 0.1) is 0 Å². The second-order valence-electron chi connectivity index (χ2n) is 3.73. The molecule has 0 unspecified atom stereocenters. The summed E-state index contributed by atoms with van der Waals surface area (Å²) < 4.78 is 49.9. The van der Waals surface area contributed by atoms with Crippen molar-refractivity contribution in [2.75, 3.05) is 18.9 Å². The van der Waals surface area contributed by atoms with E-state index in [1.54, 1.807) is 22.9 Å². The zero-order valence-electron chi connectivity index (χ0n) is 9.51. The van der Waals surface area contributed by atoms with Crippen molar-refractivity contribution in [2.24, 2.45) is 0 Å². The van der Waals surface area contributed by atoms with Crippen molar-refractivity contribution in [3.8, 4) is 0 Å². The summed E-state index contributed by atoms with van der Waals surface area (Å²) >= 11 is 0. The van der Waals surface area contributed by atoms with Crippen LogP contribution in [0.3, 0.4) is 0 Å². The van der Waals surface area contributed by atoms with Gasteiger partial charge < -0.3 is 5.11 Å². The Morgan fingerprint density at radius 1 is 1.39 bits per heavy atom. The number of hydrogen-bond donors (Lipinski definition) is 2. The minimum absolute atomic E-state index is 0.140. The second-order valence-corrected chi connectivity index (χ2v) is 5.65. The van der Waals surface area contributed by atoms with Crippen LogP contribution in [0.25, 0.3) is 0 Å². The molecular formula is C10H14F2N2O3S. The Labute approximate surface area is 104 Å². The molecule has 0 aliphatic heterocycles. The predicted molar refractivity (Wildman–Crippen MR) is 61.8 cm³/mol. The number of aliphatic hydroxyl groups excluding tert-OH is 1. The summed E-state index contributed by atoms with van der Waals surface area (Å²) in [6.45, 7) is -2.50. The quantitative estimate of drug-likeness (QED) is 0.746. The highest BCUT2D eigenvalue weighted by atomic mass is 32.2. The minimum atomic E-state index is -3.80. The lowest BCUT2D eigenvalue weighted by Gasteiger charge is -2.14. The van der Waals surface area contributed by atoms with Gasteiger partial charge in [-0.25, -0.2) is 21.9 Å². The molecule has 1 aromatic rings. The third-order valence-electron chi connectivity index (χ3n) is 2.14. The SMILES string of the molecule is O=S(=O)(CCc1ccccn1)NCC(F)(F)CO. The van der Waals surface area contributed by atoms with Crippen molar-refractivity contribution in [3.63, 3.8) is 0 Å². The molecule has 0 aromatic carbocycles. The third-order valence-corrected chi connectivity index (χ3v) is 3.46. The zero-order chi connectivity index (χ0) is 13.6. The maximum Gasteiger partial charge on any atom is 0.283 e. The number of sulfonamides is 1. The van der Waals surface area contributed by atoms with Crippen molar-refractivity contribution in [2.45, 2.75) is 12.3 Å². The molecule has 0 radical (unpaired) electrons. The molecule has 0 bridgehead atoms. The van der Waals surface area contributed by atoms with Crippen molar-refractivity contribution in [3.05, 3.63) is 30.1 Å². The lowest BCUT2D eigenvalue weighted by Crippen LogP contribution is -2.40. The number of nitrogens with zero attached hydrogens (tertiary/aromatic N) is 1. The summed E-state index contributed by atoms with van der Waals surface area (Å²) in [4.78, 5) is 3.93. The van der Waals surface area contributed by atoms with Crippen LogP contribution in [-0.2, 0) is 16.4 Å². The van der Waals surface area contributed by atoms with E-state index in [0.717, 1.165) is 0 Å². The molecule has 18 heavy (non-hydrogen) atoms. The van der Waals surface area contributed by atoms with E-state index in [-0.39, 0.29) is 12.2 Å². The van der Waals surface area contributed by atoms with E-state index in [2.05, 4.69) is 4.98 Å². The Morgan fingerprint density at radius 3 is 2.67 bits per heavy atom. The molecule has 1 rings (SSSR count). The van der Waals surface area contributed by atoms with Gasteiger partial charge in [0.15, 0.2) is 0 Å². The normalized spacial score (nSPS) is 12.6. The molecule has 0 aliphatic carbocycles. The first-order valence-corrected chi connectivity index (χ1v) is 6.86. The zero-order valence-corrected chi connectivity index (χ0v) is 10.3. The molecule has 0 fully saturated rings. The molecule has 0 amide bonds. The van der Waals surface area contributed by atoms with Gasteiger partial charge in [0.05, 0.1) is 12.3 Å². The van der Waals surface area contributed by atoms with E-state index in [1.165, 1.54) is 6.20 Å². The Kier molecular flexibility index (Phi) is 5.12. The summed E-state index contributed by atoms with van der Waals surface area (Å²) in [5.41, 5.74) is 0.566. The smallest absolute Gasteiger partial charge is 0.283 e. The van der Waals surface area contributed by atoms with Gasteiger partial charge in [0, 0.05) is 18.3 Å². The van der Waals surface area contributed by atoms with Crippen LogP contribution in [-0.4, -0.2) is 43.3 Å². The summed E-state index contributed by atoms with van der Waals surface area (Å²) in [6, 6.07) is 5.05. The monoisotopic (exact) mass is 280 g/mol. The third kappa shape index (κ3) is 5.48. The van der Waals surface area contributed by atoms with Gasteiger partial charge in [-0.2, -0.15) is 0 Å². The molecule has 0 aliphatic rings. The lowest BCUT2D eigenvalue weighted by atomic mass is 10.3. The molecule has 1 heterocycles. The van der Waals surface area contributed by atoms with Crippen molar-refractivity contribution in [1.82, 2.24) is 9.71 Å². The van der Waals surface area contributed by atoms with Gasteiger partial charge in [0.25, 0.3) is 5.92 Å². The highest BCUT2D eigenvalue weighted by Crippen LogP contribution is 2.10. The first-order valence-electron chi connectivity index (χ1n) is 5.21. The van der Waals surface area contributed by atoms with Crippen molar-refractivity contribution in [1.29, 1.82) is 0 Å². The average Bonchev–Trinajstić information content (AvgIpc) is 2.36. The molecule has 102 valence electrons. The number of nitrogens with one attached hydrogen (secondary N) is 1. The minimum Gasteiger partial charge on any atom is -0.390 e. The fourth-order valence-electron chi connectivity index (χ4n) is 1.13. The van der Waals surface area contributed by atoms with E-state index in [4.69, 9.17) is 5.11 Å². The molecule has 0 spiro atoms. The second kappa shape index (κ2) is 6.17.